The van der Waals surface area contributed by atoms with E-state index in [0.29, 0.717) is 12.8 Å². The zero-order valence-electron chi connectivity index (χ0n) is 11.9. The van der Waals surface area contributed by atoms with Crippen molar-refractivity contribution in [1.82, 2.24) is 0 Å². The zero-order valence-corrected chi connectivity index (χ0v) is 11.9. The number of anilines is 1. The number of hydrogen-bond acceptors (Lipinski definition) is 3. The van der Waals surface area contributed by atoms with Crippen LogP contribution >= 0.6 is 0 Å². The Morgan fingerprint density at radius 3 is 2.48 bits per heavy atom. The number of aliphatic hydroxyl groups is 2. The van der Waals surface area contributed by atoms with E-state index in [1.807, 2.05) is 0 Å². The van der Waals surface area contributed by atoms with Gasteiger partial charge in [-0.15, -0.1) is 0 Å². The number of likely N-dealkylation sites (N-methyl/N-ethyl adjacent to an activating group) is 1. The Hall–Kier alpha value is -1.27. The van der Waals surface area contributed by atoms with Gasteiger partial charge in [-0.3, -0.25) is 0 Å². The molecule has 118 valence electrons. The second-order valence-corrected chi connectivity index (χ2v) is 5.54. The molecule has 1 aromatic rings. The van der Waals surface area contributed by atoms with Crippen molar-refractivity contribution in [3.05, 3.63) is 29.3 Å². The highest BCUT2D eigenvalue weighted by molar-refractivity contribution is 5.57. The number of hydrogen-bond donors (Lipinski definition) is 2. The van der Waals surface area contributed by atoms with Crippen LogP contribution in [0.5, 0.6) is 0 Å². The Bertz CT molecular complexity index is 490. The summed E-state index contributed by atoms with van der Waals surface area (Å²) in [5.41, 5.74) is -0.497. The molecule has 1 fully saturated rings. The van der Waals surface area contributed by atoms with Gasteiger partial charge >= 0.3 is 6.18 Å². The molecule has 3 nitrogen and oxygen atoms in total. The summed E-state index contributed by atoms with van der Waals surface area (Å²) in [7, 11) is 1.59. The topological polar surface area (TPSA) is 43.7 Å². The van der Waals surface area contributed by atoms with Crippen LogP contribution in [0.3, 0.4) is 0 Å². The highest BCUT2D eigenvalue weighted by atomic mass is 19.4. The predicted octanol–water partition coefficient (Wildman–Crippen LogP) is 2.94. The van der Waals surface area contributed by atoms with Crippen LogP contribution in [-0.2, 0) is 12.8 Å². The van der Waals surface area contributed by atoms with Crippen molar-refractivity contribution in [1.29, 1.82) is 0 Å². The van der Waals surface area contributed by atoms with E-state index in [-0.39, 0.29) is 17.3 Å². The van der Waals surface area contributed by atoms with Crippen LogP contribution in [0.4, 0.5) is 18.9 Å². The third-order valence-electron chi connectivity index (χ3n) is 4.12. The molecule has 1 aliphatic carbocycles. The molecule has 21 heavy (non-hydrogen) atoms. The molecule has 2 atom stereocenters. The third kappa shape index (κ3) is 3.49. The minimum absolute atomic E-state index is 0.0469. The van der Waals surface area contributed by atoms with Crippen molar-refractivity contribution >= 4 is 5.69 Å². The number of nitrogens with zero attached hydrogens (tertiary/aromatic N) is 1. The largest absolute Gasteiger partial charge is 0.418 e. The molecule has 1 aromatic carbocycles. The lowest BCUT2D eigenvalue weighted by atomic mass is 9.91. The van der Waals surface area contributed by atoms with E-state index < -0.39 is 24.5 Å². The predicted molar refractivity (Wildman–Crippen MR) is 74.0 cm³/mol. The van der Waals surface area contributed by atoms with Gasteiger partial charge in [0.2, 0.25) is 0 Å². The van der Waals surface area contributed by atoms with Crippen molar-refractivity contribution in [3.8, 4) is 0 Å². The number of benzene rings is 1. The van der Waals surface area contributed by atoms with Gasteiger partial charge in [0.1, 0.15) is 0 Å². The highest BCUT2D eigenvalue weighted by Crippen LogP contribution is 2.39. The average Bonchev–Trinajstić information content (AvgIpc) is 2.45. The zero-order chi connectivity index (χ0) is 15.6. The molecular weight excluding hydrogens is 283 g/mol. The van der Waals surface area contributed by atoms with E-state index in [0.717, 1.165) is 18.9 Å². The van der Waals surface area contributed by atoms with Crippen LogP contribution in [-0.4, -0.2) is 29.4 Å². The van der Waals surface area contributed by atoms with Crippen molar-refractivity contribution in [3.63, 3.8) is 0 Å². The average molecular weight is 303 g/mol. The van der Waals surface area contributed by atoms with Crippen LogP contribution in [0.2, 0.25) is 0 Å². The first-order valence-electron chi connectivity index (χ1n) is 7.06. The quantitative estimate of drug-likeness (QED) is 0.902. The fourth-order valence-corrected chi connectivity index (χ4v) is 2.94. The van der Waals surface area contributed by atoms with Gasteiger partial charge in [-0.2, -0.15) is 13.2 Å². The Balaban J connectivity index is 2.37. The van der Waals surface area contributed by atoms with E-state index in [1.54, 1.807) is 7.05 Å². The van der Waals surface area contributed by atoms with E-state index in [2.05, 4.69) is 0 Å². The molecule has 1 aliphatic rings. The molecule has 0 saturated heterocycles. The van der Waals surface area contributed by atoms with Gasteiger partial charge in [0.05, 0.1) is 24.3 Å². The van der Waals surface area contributed by atoms with E-state index in [9.17, 15) is 18.3 Å². The molecular formula is C15H20F3NO2. The van der Waals surface area contributed by atoms with Crippen LogP contribution in [0.1, 0.15) is 36.8 Å². The number of rotatable bonds is 3. The molecule has 0 aromatic heterocycles. The summed E-state index contributed by atoms with van der Waals surface area (Å²) in [4.78, 5) is 1.52. The maximum Gasteiger partial charge on any atom is 0.418 e. The summed E-state index contributed by atoms with van der Waals surface area (Å²) < 4.78 is 39.7. The van der Waals surface area contributed by atoms with Gasteiger partial charge in [0.25, 0.3) is 0 Å². The molecule has 0 heterocycles. The molecule has 0 spiro atoms. The minimum atomic E-state index is -4.49. The molecule has 2 N–H and O–H groups in total. The monoisotopic (exact) mass is 303 g/mol. The Morgan fingerprint density at radius 2 is 1.90 bits per heavy atom. The molecule has 2 rings (SSSR count). The van der Waals surface area contributed by atoms with Gasteiger partial charge in [0.15, 0.2) is 0 Å². The summed E-state index contributed by atoms with van der Waals surface area (Å²) in [6.07, 6.45) is -2.00. The summed E-state index contributed by atoms with van der Waals surface area (Å²) in [6, 6.07) is 3.52. The van der Waals surface area contributed by atoms with Crippen molar-refractivity contribution < 1.29 is 23.4 Å². The second-order valence-electron chi connectivity index (χ2n) is 5.54. The molecule has 0 radical (unpaired) electrons. The van der Waals surface area contributed by atoms with E-state index in [4.69, 9.17) is 5.11 Å². The normalized spacial score (nSPS) is 23.1. The second kappa shape index (κ2) is 6.23. The van der Waals surface area contributed by atoms with Gasteiger partial charge in [0, 0.05) is 12.7 Å². The summed E-state index contributed by atoms with van der Waals surface area (Å²) >= 11 is 0. The van der Waals surface area contributed by atoms with Crippen molar-refractivity contribution in [2.45, 2.75) is 50.6 Å². The van der Waals surface area contributed by atoms with Crippen LogP contribution in [0.25, 0.3) is 0 Å². The number of aliphatic hydroxyl groups excluding tert-OH is 2. The summed E-state index contributed by atoms with van der Waals surface area (Å²) in [5.74, 6) is 0. The maximum atomic E-state index is 13.2. The van der Waals surface area contributed by atoms with Crippen LogP contribution in [0, 0.1) is 0 Å². The van der Waals surface area contributed by atoms with Gasteiger partial charge in [-0.05, 0) is 30.5 Å². The van der Waals surface area contributed by atoms with Gasteiger partial charge < -0.3 is 15.1 Å². The van der Waals surface area contributed by atoms with E-state index in [1.165, 1.54) is 17.0 Å². The van der Waals surface area contributed by atoms with E-state index >= 15 is 0 Å². The molecule has 2 unspecified atom stereocenters. The van der Waals surface area contributed by atoms with Gasteiger partial charge in [-0.1, -0.05) is 18.9 Å². The SMILES string of the molecule is CN(c1ccc(CO)cc1C(F)(F)F)C1CCCCC1O. The van der Waals surface area contributed by atoms with Crippen LogP contribution < -0.4 is 4.90 Å². The Morgan fingerprint density at radius 1 is 1.24 bits per heavy atom. The lowest BCUT2D eigenvalue weighted by Gasteiger charge is -2.37. The summed E-state index contributed by atoms with van der Waals surface area (Å²) in [5, 5.41) is 19.1. The molecule has 0 bridgehead atoms. The fraction of sp³-hybridized carbons (Fsp3) is 0.600. The number of halogens is 3. The minimum Gasteiger partial charge on any atom is -0.392 e. The fourth-order valence-electron chi connectivity index (χ4n) is 2.94. The van der Waals surface area contributed by atoms with Crippen LogP contribution in [0.15, 0.2) is 18.2 Å². The lowest BCUT2D eigenvalue weighted by molar-refractivity contribution is -0.137. The number of alkyl halides is 3. The molecule has 6 heteroatoms. The Labute approximate surface area is 122 Å². The summed E-state index contributed by atoms with van der Waals surface area (Å²) in [6.45, 7) is -0.431. The molecule has 0 amide bonds. The first kappa shape index (κ1) is 16.1. The highest BCUT2D eigenvalue weighted by Gasteiger charge is 2.37. The first-order valence-corrected chi connectivity index (χ1v) is 7.06. The van der Waals surface area contributed by atoms with Crippen molar-refractivity contribution in [2.75, 3.05) is 11.9 Å². The Kier molecular flexibility index (Phi) is 4.78. The lowest BCUT2D eigenvalue weighted by Crippen LogP contribution is -2.44. The van der Waals surface area contributed by atoms with Crippen molar-refractivity contribution in [2.24, 2.45) is 0 Å². The van der Waals surface area contributed by atoms with Gasteiger partial charge in [-0.25, -0.2) is 0 Å². The smallest absolute Gasteiger partial charge is 0.392 e. The third-order valence-corrected chi connectivity index (χ3v) is 4.12. The molecule has 0 aliphatic heterocycles. The first-order chi connectivity index (χ1) is 9.84. The standard InChI is InChI=1S/C15H20F3NO2/c1-19(13-4-2-3-5-14(13)21)12-7-6-10(9-20)8-11(12)15(16,17)18/h6-8,13-14,20-21H,2-5,9H2,1H3. The molecule has 1 saturated carbocycles. The maximum absolute atomic E-state index is 13.2.